The summed E-state index contributed by atoms with van der Waals surface area (Å²) in [5.41, 5.74) is 0.798. The zero-order chi connectivity index (χ0) is 17.1. The first-order valence-electron chi connectivity index (χ1n) is 7.59. The second kappa shape index (κ2) is 7.29. The maximum absolute atomic E-state index is 11.7. The number of alkyl halides is 1. The number of hydrogen-bond donors (Lipinski definition) is 1. The smallest absolute Gasteiger partial charge is 0.335 e. The predicted molar refractivity (Wildman–Crippen MR) is 94.1 cm³/mol. The van der Waals surface area contributed by atoms with Gasteiger partial charge in [0.2, 0.25) is 17.6 Å². The van der Waals surface area contributed by atoms with Gasteiger partial charge >= 0.3 is 5.97 Å². The Morgan fingerprint density at radius 1 is 1.33 bits per heavy atom. The molecule has 1 fully saturated rings. The number of aromatic nitrogens is 2. The Morgan fingerprint density at radius 3 is 2.75 bits per heavy atom. The molecule has 0 saturated carbocycles. The van der Waals surface area contributed by atoms with Crippen LogP contribution in [0.5, 0.6) is 0 Å². The number of aromatic carboxylic acids is 1. The van der Waals surface area contributed by atoms with Crippen LogP contribution in [0.2, 0.25) is 0 Å². The molecule has 0 radical (unpaired) electrons. The number of hydrogen-bond acceptors (Lipinski definition) is 5. The molecule has 0 bridgehead atoms. The molecule has 1 amide bonds. The van der Waals surface area contributed by atoms with Gasteiger partial charge in [0.25, 0.3) is 0 Å². The first-order chi connectivity index (χ1) is 11.6. The van der Waals surface area contributed by atoms with E-state index in [4.69, 9.17) is 9.63 Å². The summed E-state index contributed by atoms with van der Waals surface area (Å²) >= 11 is 2.08. The van der Waals surface area contributed by atoms with Crippen LogP contribution in [0.1, 0.15) is 35.0 Å². The van der Waals surface area contributed by atoms with E-state index in [1.54, 1.807) is 12.1 Å². The van der Waals surface area contributed by atoms with Crippen LogP contribution in [0.3, 0.4) is 0 Å². The van der Waals surface area contributed by atoms with E-state index in [2.05, 4.69) is 32.7 Å². The van der Waals surface area contributed by atoms with Gasteiger partial charge < -0.3 is 14.5 Å². The lowest BCUT2D eigenvalue weighted by atomic mass is 9.97. The molecule has 2 aromatic rings. The first-order valence-corrected chi connectivity index (χ1v) is 9.12. The molecular formula is C16H16IN3O4. The fourth-order valence-electron chi connectivity index (χ4n) is 2.77. The Labute approximate surface area is 152 Å². The van der Waals surface area contributed by atoms with Gasteiger partial charge in [-0.3, -0.25) is 4.79 Å². The monoisotopic (exact) mass is 441 g/mol. The van der Waals surface area contributed by atoms with Crippen LogP contribution in [0.15, 0.2) is 28.8 Å². The number of halogens is 1. The standard InChI is InChI=1S/C16H16IN3O4/c17-9-13(21)20-6-4-10(5-7-20)15-18-14(19-24-15)11-2-1-3-12(8-11)16(22)23/h1-3,8,10H,4-7,9H2,(H,22,23). The molecule has 0 spiro atoms. The van der Waals surface area contributed by atoms with E-state index in [0.717, 1.165) is 12.8 Å². The lowest BCUT2D eigenvalue weighted by molar-refractivity contribution is -0.129. The zero-order valence-corrected chi connectivity index (χ0v) is 15.0. The minimum absolute atomic E-state index is 0.132. The van der Waals surface area contributed by atoms with Gasteiger partial charge in [-0.05, 0) is 25.0 Å². The molecule has 126 valence electrons. The highest BCUT2D eigenvalue weighted by Gasteiger charge is 2.27. The van der Waals surface area contributed by atoms with Gasteiger partial charge in [0.05, 0.1) is 9.99 Å². The third-order valence-electron chi connectivity index (χ3n) is 4.12. The molecule has 1 aromatic heterocycles. The quantitative estimate of drug-likeness (QED) is 0.579. The number of nitrogens with zero attached hydrogens (tertiary/aromatic N) is 3. The summed E-state index contributed by atoms with van der Waals surface area (Å²) in [6.07, 6.45) is 1.58. The summed E-state index contributed by atoms with van der Waals surface area (Å²) in [6, 6.07) is 6.46. The van der Waals surface area contributed by atoms with E-state index in [1.807, 2.05) is 4.90 Å². The van der Waals surface area contributed by atoms with Crippen LogP contribution in [-0.2, 0) is 4.79 Å². The van der Waals surface area contributed by atoms with Gasteiger partial charge in [-0.1, -0.05) is 39.9 Å². The summed E-state index contributed by atoms with van der Waals surface area (Å²) in [6.45, 7) is 1.39. The zero-order valence-electron chi connectivity index (χ0n) is 12.8. The molecule has 7 nitrogen and oxygen atoms in total. The van der Waals surface area contributed by atoms with E-state index in [9.17, 15) is 9.59 Å². The molecule has 1 aromatic carbocycles. The maximum Gasteiger partial charge on any atom is 0.335 e. The molecule has 1 saturated heterocycles. The van der Waals surface area contributed by atoms with Crippen molar-refractivity contribution in [2.45, 2.75) is 18.8 Å². The Balaban J connectivity index is 1.71. The Morgan fingerprint density at radius 2 is 2.08 bits per heavy atom. The summed E-state index contributed by atoms with van der Waals surface area (Å²) < 4.78 is 5.86. The van der Waals surface area contributed by atoms with Crippen molar-refractivity contribution >= 4 is 34.5 Å². The van der Waals surface area contributed by atoms with Crippen molar-refractivity contribution in [3.63, 3.8) is 0 Å². The topological polar surface area (TPSA) is 96.5 Å². The van der Waals surface area contributed by atoms with Gasteiger partial charge in [0.1, 0.15) is 0 Å². The highest BCUT2D eigenvalue weighted by Crippen LogP contribution is 2.28. The van der Waals surface area contributed by atoms with Crippen LogP contribution < -0.4 is 0 Å². The average Bonchev–Trinajstić information content (AvgIpc) is 3.11. The fraction of sp³-hybridized carbons (Fsp3) is 0.375. The second-order valence-corrected chi connectivity index (χ2v) is 6.39. The van der Waals surface area contributed by atoms with E-state index >= 15 is 0 Å². The molecule has 8 heteroatoms. The maximum atomic E-state index is 11.7. The van der Waals surface area contributed by atoms with Crippen LogP contribution in [0.4, 0.5) is 0 Å². The highest BCUT2D eigenvalue weighted by molar-refractivity contribution is 14.1. The molecule has 2 heterocycles. The van der Waals surface area contributed by atoms with Crippen molar-refractivity contribution in [1.82, 2.24) is 15.0 Å². The summed E-state index contributed by atoms with van der Waals surface area (Å²) in [4.78, 5) is 29.0. The molecule has 0 aliphatic carbocycles. The van der Waals surface area contributed by atoms with Crippen LogP contribution >= 0.6 is 22.6 Å². The van der Waals surface area contributed by atoms with E-state index in [1.165, 1.54) is 12.1 Å². The molecule has 1 aliphatic heterocycles. The van der Waals surface area contributed by atoms with Gasteiger partial charge in [-0.25, -0.2) is 4.79 Å². The second-order valence-electron chi connectivity index (χ2n) is 5.63. The van der Waals surface area contributed by atoms with Crippen molar-refractivity contribution in [3.8, 4) is 11.4 Å². The predicted octanol–water partition coefficient (Wildman–Crippen LogP) is 2.58. The normalized spacial score (nSPS) is 15.5. The largest absolute Gasteiger partial charge is 0.478 e. The van der Waals surface area contributed by atoms with Gasteiger partial charge in [-0.15, -0.1) is 0 Å². The van der Waals surface area contributed by atoms with Crippen molar-refractivity contribution in [2.75, 3.05) is 17.5 Å². The number of carboxylic acids is 1. The van der Waals surface area contributed by atoms with E-state index in [0.29, 0.717) is 34.8 Å². The third kappa shape index (κ3) is 3.58. The lowest BCUT2D eigenvalue weighted by Crippen LogP contribution is -2.38. The molecule has 0 unspecified atom stereocenters. The minimum atomic E-state index is -0.993. The SMILES string of the molecule is O=C(O)c1cccc(-c2noc(C3CCN(C(=O)CI)CC3)n2)c1. The number of piperidine rings is 1. The number of carbonyl (C=O) groups is 2. The molecule has 3 rings (SSSR count). The van der Waals surface area contributed by atoms with Gasteiger partial charge in [0, 0.05) is 24.6 Å². The van der Waals surface area contributed by atoms with Crippen LogP contribution in [0.25, 0.3) is 11.4 Å². The summed E-state index contributed by atoms with van der Waals surface area (Å²) in [7, 11) is 0. The molecule has 24 heavy (non-hydrogen) atoms. The highest BCUT2D eigenvalue weighted by atomic mass is 127. The molecule has 1 N–H and O–H groups in total. The Bertz CT molecular complexity index is 753. The Hall–Kier alpha value is -1.97. The third-order valence-corrected chi connectivity index (χ3v) is 4.77. The van der Waals surface area contributed by atoms with Gasteiger partial charge in [0.15, 0.2) is 0 Å². The number of carbonyl (C=O) groups excluding carboxylic acids is 1. The van der Waals surface area contributed by atoms with Crippen LogP contribution in [0, 0.1) is 0 Å². The van der Waals surface area contributed by atoms with Crippen molar-refractivity contribution in [2.24, 2.45) is 0 Å². The van der Waals surface area contributed by atoms with E-state index < -0.39 is 5.97 Å². The summed E-state index contributed by atoms with van der Waals surface area (Å²) in [5.74, 6) is 0.233. The average molecular weight is 441 g/mol. The minimum Gasteiger partial charge on any atom is -0.478 e. The van der Waals surface area contributed by atoms with Crippen molar-refractivity contribution in [1.29, 1.82) is 0 Å². The first kappa shape index (κ1) is 16.9. The van der Waals surface area contributed by atoms with Gasteiger partial charge in [-0.2, -0.15) is 4.98 Å². The summed E-state index contributed by atoms with van der Waals surface area (Å²) in [5, 5.41) is 13.0. The number of amides is 1. The number of carboxylic acid groups (broad SMARTS) is 1. The fourth-order valence-corrected chi connectivity index (χ4v) is 3.25. The van der Waals surface area contributed by atoms with Crippen molar-refractivity contribution < 1.29 is 19.2 Å². The molecular weight excluding hydrogens is 425 g/mol. The molecule has 1 aliphatic rings. The number of benzene rings is 1. The van der Waals surface area contributed by atoms with Crippen LogP contribution in [-0.4, -0.2) is 49.5 Å². The Kier molecular flexibility index (Phi) is 5.12. The van der Waals surface area contributed by atoms with Crippen molar-refractivity contribution in [3.05, 3.63) is 35.7 Å². The molecule has 0 atom stereocenters. The van der Waals surface area contributed by atoms with E-state index in [-0.39, 0.29) is 17.4 Å². The number of likely N-dealkylation sites (tertiary alicyclic amines) is 1. The number of rotatable bonds is 4. The lowest BCUT2D eigenvalue weighted by Gasteiger charge is -2.29.